The number of ether oxygens (including phenoxy) is 1. The molecule has 1 atom stereocenters. The zero-order valence-corrected chi connectivity index (χ0v) is 20.3. The number of morpholine rings is 1. The summed E-state index contributed by atoms with van der Waals surface area (Å²) in [6.07, 6.45) is 2.42. The van der Waals surface area contributed by atoms with Gasteiger partial charge in [0.2, 0.25) is 0 Å². The number of hydrogen-bond donors (Lipinski definition) is 2. The van der Waals surface area contributed by atoms with E-state index in [2.05, 4.69) is 10.2 Å². The normalized spacial score (nSPS) is 15.2. The maximum Gasteiger partial charge on any atom is 0.267 e. The Bertz CT molecular complexity index is 1510. The Hall–Kier alpha value is -3.82. The molecule has 1 fully saturated rings. The Morgan fingerprint density at radius 3 is 2.64 bits per heavy atom. The summed E-state index contributed by atoms with van der Waals surface area (Å²) in [7, 11) is 0. The number of fused-ring (bicyclic) bond motifs is 2. The molecule has 0 unspecified atom stereocenters. The SMILES string of the molecule is C[C@H](NC(=O)c1cc2c(=O)n3ccccc3nc2n(CCCN2CCOCC2)c1=N)c1ccccc1. The summed E-state index contributed by atoms with van der Waals surface area (Å²) in [6.45, 7) is 6.41. The lowest BCUT2D eigenvalue weighted by atomic mass is 10.1. The van der Waals surface area contributed by atoms with Gasteiger partial charge in [0, 0.05) is 32.4 Å². The molecule has 4 aromatic rings. The van der Waals surface area contributed by atoms with Crippen LogP contribution in [-0.2, 0) is 11.3 Å². The maximum atomic E-state index is 13.4. The number of rotatable bonds is 7. The van der Waals surface area contributed by atoms with Crippen molar-refractivity contribution in [3.05, 3.63) is 87.8 Å². The molecule has 0 bridgehead atoms. The second-order valence-electron chi connectivity index (χ2n) is 9.05. The number of amides is 1. The number of carbonyl (C=O) groups is 1. The van der Waals surface area contributed by atoms with E-state index in [0.29, 0.717) is 23.2 Å². The third-order valence-electron chi connectivity index (χ3n) is 6.67. The quantitative estimate of drug-likeness (QED) is 0.390. The lowest BCUT2D eigenvalue weighted by molar-refractivity contribution is 0.0369. The highest BCUT2D eigenvalue weighted by Crippen LogP contribution is 2.14. The number of aromatic nitrogens is 3. The van der Waals surface area contributed by atoms with E-state index in [9.17, 15) is 9.59 Å². The predicted molar refractivity (Wildman–Crippen MR) is 137 cm³/mol. The van der Waals surface area contributed by atoms with Crippen molar-refractivity contribution in [2.45, 2.75) is 25.9 Å². The van der Waals surface area contributed by atoms with Gasteiger partial charge in [-0.25, -0.2) is 4.98 Å². The molecule has 9 nitrogen and oxygen atoms in total. The van der Waals surface area contributed by atoms with Crippen molar-refractivity contribution in [2.75, 3.05) is 32.8 Å². The number of nitrogens with zero attached hydrogens (tertiary/aromatic N) is 4. The fourth-order valence-corrected chi connectivity index (χ4v) is 4.65. The highest BCUT2D eigenvalue weighted by molar-refractivity contribution is 5.97. The lowest BCUT2D eigenvalue weighted by Gasteiger charge is -2.26. The van der Waals surface area contributed by atoms with Gasteiger partial charge in [0.1, 0.15) is 16.8 Å². The van der Waals surface area contributed by atoms with E-state index in [1.165, 1.54) is 10.5 Å². The molecule has 2 N–H and O–H groups in total. The van der Waals surface area contributed by atoms with Gasteiger partial charge in [0.05, 0.1) is 30.2 Å². The average Bonchev–Trinajstić information content (AvgIpc) is 2.91. The van der Waals surface area contributed by atoms with Gasteiger partial charge >= 0.3 is 0 Å². The van der Waals surface area contributed by atoms with E-state index in [1.807, 2.05) is 43.3 Å². The molecule has 5 rings (SSSR count). The minimum absolute atomic E-state index is 0.0504. The van der Waals surface area contributed by atoms with E-state index in [4.69, 9.17) is 15.1 Å². The standard InChI is InChI=1S/C27H30N6O3/c1-19(20-8-3-2-4-9-20)29-26(34)21-18-22-25(30-23-10-5-6-12-32(23)27(22)35)33(24(21)28)13-7-11-31-14-16-36-17-15-31/h2-6,8-10,12,18-19,28H,7,11,13-17H2,1H3,(H,29,34)/t19-/m0/s1. The van der Waals surface area contributed by atoms with Crippen molar-refractivity contribution >= 4 is 22.6 Å². The number of benzene rings is 1. The largest absolute Gasteiger partial charge is 0.379 e. The summed E-state index contributed by atoms with van der Waals surface area (Å²) < 4.78 is 8.60. The van der Waals surface area contributed by atoms with Gasteiger partial charge in [-0.05, 0) is 37.1 Å². The summed E-state index contributed by atoms with van der Waals surface area (Å²) in [5.74, 6) is -0.391. The first kappa shape index (κ1) is 23.9. The summed E-state index contributed by atoms with van der Waals surface area (Å²) in [5, 5.41) is 12.2. The molecular formula is C27H30N6O3. The van der Waals surface area contributed by atoms with E-state index in [0.717, 1.165) is 44.8 Å². The van der Waals surface area contributed by atoms with Crippen molar-refractivity contribution in [2.24, 2.45) is 0 Å². The van der Waals surface area contributed by atoms with Crippen LogP contribution in [0.1, 0.15) is 35.3 Å². The molecule has 1 aliphatic heterocycles. The Morgan fingerprint density at radius 1 is 1.11 bits per heavy atom. The third kappa shape index (κ3) is 4.80. The average molecular weight is 487 g/mol. The van der Waals surface area contributed by atoms with Crippen LogP contribution in [0.4, 0.5) is 0 Å². The van der Waals surface area contributed by atoms with Crippen LogP contribution in [0.2, 0.25) is 0 Å². The van der Waals surface area contributed by atoms with Crippen molar-refractivity contribution in [3.63, 3.8) is 0 Å². The van der Waals surface area contributed by atoms with Crippen LogP contribution < -0.4 is 16.4 Å². The van der Waals surface area contributed by atoms with Crippen LogP contribution in [0.5, 0.6) is 0 Å². The van der Waals surface area contributed by atoms with Crippen LogP contribution in [0.3, 0.4) is 0 Å². The van der Waals surface area contributed by atoms with Crippen LogP contribution in [0, 0.1) is 5.41 Å². The topological polar surface area (TPSA) is 105 Å². The van der Waals surface area contributed by atoms with Crippen molar-refractivity contribution in [1.82, 2.24) is 24.2 Å². The van der Waals surface area contributed by atoms with Gasteiger partial charge in [0.15, 0.2) is 0 Å². The highest BCUT2D eigenvalue weighted by atomic mass is 16.5. The molecule has 186 valence electrons. The molecule has 0 radical (unpaired) electrons. The minimum atomic E-state index is -0.391. The van der Waals surface area contributed by atoms with Crippen molar-refractivity contribution in [1.29, 1.82) is 5.41 Å². The molecule has 4 heterocycles. The van der Waals surface area contributed by atoms with Gasteiger partial charge in [-0.2, -0.15) is 0 Å². The first-order valence-corrected chi connectivity index (χ1v) is 12.3. The molecule has 1 aliphatic rings. The molecule has 3 aromatic heterocycles. The van der Waals surface area contributed by atoms with Crippen LogP contribution in [0.15, 0.2) is 65.6 Å². The fraction of sp³-hybridized carbons (Fsp3) is 0.333. The molecule has 0 aliphatic carbocycles. The Morgan fingerprint density at radius 2 is 1.86 bits per heavy atom. The Labute approximate surface area is 208 Å². The monoisotopic (exact) mass is 486 g/mol. The van der Waals surface area contributed by atoms with E-state index < -0.39 is 5.91 Å². The lowest BCUT2D eigenvalue weighted by Crippen LogP contribution is -2.38. The molecule has 0 saturated carbocycles. The summed E-state index contributed by atoms with van der Waals surface area (Å²) >= 11 is 0. The highest BCUT2D eigenvalue weighted by Gasteiger charge is 2.19. The molecule has 1 amide bonds. The maximum absolute atomic E-state index is 13.4. The second-order valence-corrected chi connectivity index (χ2v) is 9.05. The summed E-state index contributed by atoms with van der Waals surface area (Å²) in [5.41, 5.74) is 1.84. The van der Waals surface area contributed by atoms with Crippen molar-refractivity contribution in [3.8, 4) is 0 Å². The summed E-state index contributed by atoms with van der Waals surface area (Å²) in [4.78, 5) is 33.8. The Kier molecular flexibility index (Phi) is 6.92. The number of nitrogens with one attached hydrogen (secondary N) is 2. The molecule has 9 heteroatoms. The zero-order chi connectivity index (χ0) is 25.1. The second kappa shape index (κ2) is 10.4. The summed E-state index contributed by atoms with van der Waals surface area (Å²) in [6, 6.07) is 16.3. The van der Waals surface area contributed by atoms with E-state index >= 15 is 0 Å². The zero-order valence-electron chi connectivity index (χ0n) is 20.3. The molecular weight excluding hydrogens is 456 g/mol. The van der Waals surface area contributed by atoms with Gasteiger partial charge in [-0.15, -0.1) is 0 Å². The predicted octanol–water partition coefficient (Wildman–Crippen LogP) is 2.34. The Balaban J connectivity index is 1.54. The number of carbonyl (C=O) groups excluding carboxylic acids is 1. The minimum Gasteiger partial charge on any atom is -0.379 e. The first-order valence-electron chi connectivity index (χ1n) is 12.3. The van der Waals surface area contributed by atoms with Crippen LogP contribution in [0.25, 0.3) is 16.7 Å². The van der Waals surface area contributed by atoms with Gasteiger partial charge < -0.3 is 14.6 Å². The molecule has 1 aromatic carbocycles. The van der Waals surface area contributed by atoms with Gasteiger partial charge in [-0.1, -0.05) is 36.4 Å². The smallest absolute Gasteiger partial charge is 0.267 e. The first-order chi connectivity index (χ1) is 17.5. The third-order valence-corrected chi connectivity index (χ3v) is 6.67. The molecule has 0 spiro atoms. The van der Waals surface area contributed by atoms with Crippen LogP contribution >= 0.6 is 0 Å². The van der Waals surface area contributed by atoms with E-state index in [1.54, 1.807) is 22.9 Å². The van der Waals surface area contributed by atoms with Gasteiger partial charge in [0.25, 0.3) is 11.5 Å². The fourth-order valence-electron chi connectivity index (χ4n) is 4.65. The number of hydrogen-bond acceptors (Lipinski definition) is 6. The molecule has 1 saturated heterocycles. The number of pyridine rings is 2. The van der Waals surface area contributed by atoms with Gasteiger partial charge in [-0.3, -0.25) is 24.3 Å². The van der Waals surface area contributed by atoms with Crippen LogP contribution in [-0.4, -0.2) is 57.6 Å². The van der Waals surface area contributed by atoms with E-state index in [-0.39, 0.29) is 22.7 Å². The molecule has 36 heavy (non-hydrogen) atoms. The van der Waals surface area contributed by atoms with Crippen molar-refractivity contribution < 1.29 is 9.53 Å². The number of aryl methyl sites for hydroxylation is 1.